The van der Waals surface area contributed by atoms with Gasteiger partial charge in [0.15, 0.2) is 0 Å². The third-order valence-corrected chi connectivity index (χ3v) is 3.33. The number of ether oxygens (including phenoxy) is 2. The maximum Gasteiger partial charge on any atom is 0.328 e. The maximum atomic E-state index is 11.9. The van der Waals surface area contributed by atoms with Crippen LogP contribution in [0.3, 0.4) is 0 Å². The number of esters is 1. The molecular formula is C17H20N2O4. The van der Waals surface area contributed by atoms with Crippen LogP contribution in [0.5, 0.6) is 0 Å². The van der Waals surface area contributed by atoms with E-state index in [2.05, 4.69) is 10.3 Å². The Morgan fingerprint density at radius 3 is 2.74 bits per heavy atom. The van der Waals surface area contributed by atoms with Crippen LogP contribution in [0.1, 0.15) is 12.6 Å². The molecule has 0 saturated carbocycles. The van der Waals surface area contributed by atoms with Gasteiger partial charge in [0.25, 0.3) is 0 Å². The molecule has 1 atom stereocenters. The third-order valence-electron chi connectivity index (χ3n) is 3.33. The topological polar surface area (TPSA) is 77.5 Å². The molecule has 6 heteroatoms. The van der Waals surface area contributed by atoms with Crippen molar-refractivity contribution in [2.75, 3.05) is 20.3 Å². The van der Waals surface area contributed by atoms with E-state index >= 15 is 0 Å². The number of pyridine rings is 1. The van der Waals surface area contributed by atoms with Crippen LogP contribution in [-0.2, 0) is 25.5 Å². The number of benzene rings is 1. The monoisotopic (exact) mass is 316 g/mol. The number of para-hydroxylation sites is 1. The molecule has 1 heterocycles. The number of hydrogen-bond acceptors (Lipinski definition) is 5. The van der Waals surface area contributed by atoms with Crippen molar-refractivity contribution < 1.29 is 19.1 Å². The summed E-state index contributed by atoms with van der Waals surface area (Å²) in [5, 5.41) is 3.64. The molecule has 0 aliphatic heterocycles. The first-order chi connectivity index (χ1) is 11.1. The van der Waals surface area contributed by atoms with Crippen LogP contribution in [0.25, 0.3) is 10.9 Å². The molecule has 23 heavy (non-hydrogen) atoms. The molecule has 0 saturated heterocycles. The van der Waals surface area contributed by atoms with E-state index in [1.807, 2.05) is 36.4 Å². The van der Waals surface area contributed by atoms with Gasteiger partial charge in [-0.15, -0.1) is 0 Å². The molecule has 0 unspecified atom stereocenters. The highest BCUT2D eigenvalue weighted by molar-refractivity contribution is 5.85. The number of nitrogens with one attached hydrogen (secondary N) is 1. The minimum Gasteiger partial charge on any atom is -0.467 e. The van der Waals surface area contributed by atoms with Gasteiger partial charge in [0.2, 0.25) is 5.91 Å². The molecule has 1 N–H and O–H groups in total. The second-order valence-electron chi connectivity index (χ2n) is 4.98. The summed E-state index contributed by atoms with van der Waals surface area (Å²) in [5.41, 5.74) is 1.55. The van der Waals surface area contributed by atoms with Gasteiger partial charge in [-0.3, -0.25) is 9.78 Å². The predicted molar refractivity (Wildman–Crippen MR) is 85.9 cm³/mol. The fourth-order valence-corrected chi connectivity index (χ4v) is 2.20. The Morgan fingerprint density at radius 2 is 2.00 bits per heavy atom. The van der Waals surface area contributed by atoms with Crippen LogP contribution < -0.4 is 5.32 Å². The molecule has 122 valence electrons. The van der Waals surface area contributed by atoms with Gasteiger partial charge < -0.3 is 14.8 Å². The molecule has 1 aromatic carbocycles. The van der Waals surface area contributed by atoms with Crippen LogP contribution in [0.4, 0.5) is 0 Å². The van der Waals surface area contributed by atoms with Crippen molar-refractivity contribution in [3.8, 4) is 0 Å². The zero-order valence-corrected chi connectivity index (χ0v) is 13.2. The highest BCUT2D eigenvalue weighted by atomic mass is 16.5. The van der Waals surface area contributed by atoms with Crippen LogP contribution in [0.2, 0.25) is 0 Å². The first kappa shape index (κ1) is 16.9. The van der Waals surface area contributed by atoms with Gasteiger partial charge in [-0.2, -0.15) is 0 Å². The van der Waals surface area contributed by atoms with Crippen molar-refractivity contribution in [3.05, 3.63) is 42.1 Å². The highest BCUT2D eigenvalue weighted by Gasteiger charge is 2.22. The predicted octanol–water partition coefficient (Wildman–Crippen LogP) is 1.47. The van der Waals surface area contributed by atoms with Gasteiger partial charge >= 0.3 is 5.97 Å². The molecule has 0 radical (unpaired) electrons. The van der Waals surface area contributed by atoms with Crippen LogP contribution in [0.15, 0.2) is 36.4 Å². The van der Waals surface area contributed by atoms with E-state index in [1.165, 1.54) is 7.11 Å². The van der Waals surface area contributed by atoms with Crippen molar-refractivity contribution in [2.45, 2.75) is 19.4 Å². The molecule has 0 aliphatic rings. The molecule has 2 aromatic rings. The zero-order chi connectivity index (χ0) is 16.7. The van der Waals surface area contributed by atoms with Crippen molar-refractivity contribution >= 4 is 22.8 Å². The van der Waals surface area contributed by atoms with Crippen molar-refractivity contribution in [3.63, 3.8) is 0 Å². The second-order valence-corrected chi connectivity index (χ2v) is 4.98. The normalized spacial score (nSPS) is 11.9. The van der Waals surface area contributed by atoms with E-state index in [-0.39, 0.29) is 18.9 Å². The fraction of sp³-hybridized carbons (Fsp3) is 0.353. The molecule has 1 aromatic heterocycles. The zero-order valence-electron chi connectivity index (χ0n) is 13.2. The molecule has 2 rings (SSSR count). The fourth-order valence-electron chi connectivity index (χ4n) is 2.20. The number of carbonyl (C=O) groups is 2. The van der Waals surface area contributed by atoms with Gasteiger partial charge in [-0.05, 0) is 19.1 Å². The summed E-state index contributed by atoms with van der Waals surface area (Å²) in [5.74, 6) is -0.868. The smallest absolute Gasteiger partial charge is 0.328 e. The first-order valence-corrected chi connectivity index (χ1v) is 7.43. The van der Waals surface area contributed by atoms with Gasteiger partial charge in [0.1, 0.15) is 12.6 Å². The van der Waals surface area contributed by atoms with E-state index in [1.54, 1.807) is 6.92 Å². The largest absolute Gasteiger partial charge is 0.467 e. The molecular weight excluding hydrogens is 296 g/mol. The number of aromatic nitrogens is 1. The molecule has 0 fully saturated rings. The van der Waals surface area contributed by atoms with Crippen molar-refractivity contribution in [1.29, 1.82) is 0 Å². The Kier molecular flexibility index (Phi) is 6.05. The number of carbonyl (C=O) groups excluding carboxylic acids is 2. The first-order valence-electron chi connectivity index (χ1n) is 7.43. The van der Waals surface area contributed by atoms with E-state index in [9.17, 15) is 9.59 Å². The summed E-state index contributed by atoms with van der Waals surface area (Å²) < 4.78 is 9.79. The Hall–Kier alpha value is -2.47. The number of amides is 1. The summed E-state index contributed by atoms with van der Waals surface area (Å²) in [6.45, 7) is 2.14. The maximum absolute atomic E-state index is 11.9. The Morgan fingerprint density at radius 1 is 1.22 bits per heavy atom. The Labute approximate surface area is 134 Å². The Balaban J connectivity index is 2.12. The lowest BCUT2D eigenvalue weighted by atomic mass is 10.1. The SMILES string of the molecule is CCOCC(=O)N[C@H](Cc1ccc2ccccc2n1)C(=O)OC. The van der Waals surface area contributed by atoms with Crippen LogP contribution in [-0.4, -0.2) is 43.2 Å². The summed E-state index contributed by atoms with van der Waals surface area (Å²) in [6, 6.07) is 10.7. The third kappa shape index (κ3) is 4.75. The number of rotatable bonds is 7. The number of methoxy groups -OCH3 is 1. The summed E-state index contributed by atoms with van der Waals surface area (Å²) in [6.07, 6.45) is 0.259. The number of hydrogen-bond donors (Lipinski definition) is 1. The lowest BCUT2D eigenvalue weighted by Gasteiger charge is -2.16. The van der Waals surface area contributed by atoms with E-state index in [0.29, 0.717) is 12.3 Å². The molecule has 6 nitrogen and oxygen atoms in total. The molecule has 0 bridgehead atoms. The summed E-state index contributed by atoms with van der Waals surface area (Å²) in [7, 11) is 1.29. The van der Waals surface area contributed by atoms with Gasteiger partial charge in [-0.1, -0.05) is 24.3 Å². The highest BCUT2D eigenvalue weighted by Crippen LogP contribution is 2.13. The summed E-state index contributed by atoms with van der Waals surface area (Å²) >= 11 is 0. The van der Waals surface area contributed by atoms with Gasteiger partial charge in [0.05, 0.1) is 12.6 Å². The lowest BCUT2D eigenvalue weighted by Crippen LogP contribution is -2.44. The molecule has 0 aliphatic carbocycles. The van der Waals surface area contributed by atoms with Crippen molar-refractivity contribution in [1.82, 2.24) is 10.3 Å². The molecule has 1 amide bonds. The Bertz CT molecular complexity index is 687. The van der Waals surface area contributed by atoms with Crippen molar-refractivity contribution in [2.24, 2.45) is 0 Å². The quantitative estimate of drug-likeness (QED) is 0.783. The number of nitrogens with zero attached hydrogens (tertiary/aromatic N) is 1. The van der Waals surface area contributed by atoms with E-state index in [0.717, 1.165) is 10.9 Å². The van der Waals surface area contributed by atoms with E-state index < -0.39 is 12.0 Å². The average molecular weight is 316 g/mol. The average Bonchev–Trinajstić information content (AvgIpc) is 2.58. The molecule has 0 spiro atoms. The standard InChI is InChI=1S/C17H20N2O4/c1-3-23-11-16(20)19-15(17(21)22-2)10-13-9-8-12-6-4-5-7-14(12)18-13/h4-9,15H,3,10-11H2,1-2H3,(H,19,20)/t15-/m1/s1. The minimum atomic E-state index is -0.790. The van der Waals surface area contributed by atoms with Gasteiger partial charge in [-0.25, -0.2) is 4.79 Å². The number of fused-ring (bicyclic) bond motifs is 1. The van der Waals surface area contributed by atoms with Crippen LogP contribution >= 0.6 is 0 Å². The lowest BCUT2D eigenvalue weighted by molar-refractivity contribution is -0.145. The second kappa shape index (κ2) is 8.24. The van der Waals surface area contributed by atoms with E-state index in [4.69, 9.17) is 9.47 Å². The van der Waals surface area contributed by atoms with Gasteiger partial charge in [0, 0.05) is 24.1 Å². The summed E-state index contributed by atoms with van der Waals surface area (Å²) in [4.78, 5) is 28.2. The minimum absolute atomic E-state index is 0.0882. The van der Waals surface area contributed by atoms with Crippen LogP contribution in [0, 0.1) is 0 Å².